The van der Waals surface area contributed by atoms with Crippen molar-refractivity contribution in [3.05, 3.63) is 48.7 Å². The molecule has 0 fully saturated rings. The minimum absolute atomic E-state index is 0.153. The van der Waals surface area contributed by atoms with Crippen LogP contribution in [0.15, 0.2) is 43.1 Å². The first-order valence-electron chi connectivity index (χ1n) is 6.93. The fourth-order valence-electron chi connectivity index (χ4n) is 2.13. The number of nitrogens with zero attached hydrogens (tertiary/aromatic N) is 1. The zero-order valence-corrected chi connectivity index (χ0v) is 12.2. The van der Waals surface area contributed by atoms with Crippen molar-refractivity contribution in [1.29, 1.82) is 0 Å². The Labute approximate surface area is 116 Å². The molecule has 2 aromatic rings. The number of hydrogen-bond acceptors (Lipinski definition) is 1. The van der Waals surface area contributed by atoms with Crippen LogP contribution in [-0.2, 0) is 13.1 Å². The molecule has 0 aliphatic carbocycles. The van der Waals surface area contributed by atoms with Gasteiger partial charge in [0.1, 0.15) is 0 Å². The number of benzene rings is 1. The molecule has 1 heterocycles. The third kappa shape index (κ3) is 3.71. The van der Waals surface area contributed by atoms with Crippen LogP contribution < -0.4 is 5.32 Å². The minimum Gasteiger partial charge on any atom is -0.347 e. The molecule has 1 aromatic carbocycles. The first-order valence-corrected chi connectivity index (χ1v) is 6.93. The second-order valence-electron chi connectivity index (χ2n) is 6.08. The molecule has 1 aromatic heterocycles. The van der Waals surface area contributed by atoms with Gasteiger partial charge in [-0.15, -0.1) is 6.58 Å². The number of allylic oxidation sites excluding steroid dienone is 1. The van der Waals surface area contributed by atoms with E-state index in [4.69, 9.17) is 0 Å². The van der Waals surface area contributed by atoms with Crippen molar-refractivity contribution in [1.82, 2.24) is 9.88 Å². The molecule has 0 amide bonds. The van der Waals surface area contributed by atoms with Crippen LogP contribution in [0.2, 0.25) is 0 Å². The Hall–Kier alpha value is -1.54. The maximum absolute atomic E-state index is 3.79. The Kier molecular flexibility index (Phi) is 4.11. The van der Waals surface area contributed by atoms with Crippen molar-refractivity contribution in [2.45, 2.75) is 45.8 Å². The number of rotatable bonds is 5. The van der Waals surface area contributed by atoms with E-state index < -0.39 is 0 Å². The lowest BCUT2D eigenvalue weighted by Crippen LogP contribution is -2.35. The predicted octanol–water partition coefficient (Wildman–Crippen LogP) is 4.11. The SMILES string of the molecule is C=CCCn1ccc2ccc(CNC(C)(C)C)cc21. The Morgan fingerprint density at radius 2 is 2.05 bits per heavy atom. The Balaban J connectivity index is 2.20. The van der Waals surface area contributed by atoms with Gasteiger partial charge < -0.3 is 9.88 Å². The summed E-state index contributed by atoms with van der Waals surface area (Å²) in [5.74, 6) is 0. The van der Waals surface area contributed by atoms with Gasteiger partial charge in [-0.2, -0.15) is 0 Å². The number of nitrogens with one attached hydrogen (secondary N) is 1. The summed E-state index contributed by atoms with van der Waals surface area (Å²) in [7, 11) is 0. The second kappa shape index (κ2) is 5.62. The zero-order chi connectivity index (χ0) is 13.9. The summed E-state index contributed by atoms with van der Waals surface area (Å²) in [4.78, 5) is 0. The summed E-state index contributed by atoms with van der Waals surface area (Å²) in [5, 5.41) is 4.84. The van der Waals surface area contributed by atoms with Crippen molar-refractivity contribution in [3.63, 3.8) is 0 Å². The lowest BCUT2D eigenvalue weighted by Gasteiger charge is -2.20. The standard InChI is InChI=1S/C17H24N2/c1-5-6-10-19-11-9-15-8-7-14(12-16(15)19)13-18-17(2,3)4/h5,7-9,11-12,18H,1,6,10,13H2,2-4H3. The molecule has 0 bridgehead atoms. The van der Waals surface area contributed by atoms with E-state index in [-0.39, 0.29) is 5.54 Å². The maximum atomic E-state index is 3.79. The highest BCUT2D eigenvalue weighted by atomic mass is 15.0. The zero-order valence-electron chi connectivity index (χ0n) is 12.2. The van der Waals surface area contributed by atoms with Crippen LogP contribution in [0.5, 0.6) is 0 Å². The second-order valence-corrected chi connectivity index (χ2v) is 6.08. The lowest BCUT2D eigenvalue weighted by atomic mass is 10.1. The normalized spacial score (nSPS) is 11.9. The summed E-state index contributed by atoms with van der Waals surface area (Å²) >= 11 is 0. The average Bonchev–Trinajstić information content (AvgIpc) is 2.75. The van der Waals surface area contributed by atoms with Crippen molar-refractivity contribution >= 4 is 10.9 Å². The van der Waals surface area contributed by atoms with Crippen molar-refractivity contribution in [2.75, 3.05) is 0 Å². The predicted molar refractivity (Wildman–Crippen MR) is 83.3 cm³/mol. The first-order chi connectivity index (χ1) is 8.99. The molecule has 0 unspecified atom stereocenters. The fraction of sp³-hybridized carbons (Fsp3) is 0.412. The molecule has 0 aliphatic heterocycles. The van der Waals surface area contributed by atoms with Gasteiger partial charge in [0.05, 0.1) is 0 Å². The monoisotopic (exact) mass is 256 g/mol. The van der Waals surface area contributed by atoms with Gasteiger partial charge in [-0.3, -0.25) is 0 Å². The Morgan fingerprint density at radius 3 is 2.74 bits per heavy atom. The van der Waals surface area contributed by atoms with E-state index in [0.29, 0.717) is 0 Å². The molecular weight excluding hydrogens is 232 g/mol. The summed E-state index contributed by atoms with van der Waals surface area (Å²) in [5.41, 5.74) is 2.80. The Bertz CT molecular complexity index is 558. The molecule has 2 heteroatoms. The molecular formula is C17H24N2. The first kappa shape index (κ1) is 13.9. The van der Waals surface area contributed by atoms with E-state index in [1.807, 2.05) is 6.08 Å². The molecule has 1 N–H and O–H groups in total. The van der Waals surface area contributed by atoms with Crippen LogP contribution in [0.25, 0.3) is 10.9 Å². The Morgan fingerprint density at radius 1 is 1.26 bits per heavy atom. The fourth-order valence-corrected chi connectivity index (χ4v) is 2.13. The van der Waals surface area contributed by atoms with Gasteiger partial charge in [0, 0.05) is 30.3 Å². The van der Waals surface area contributed by atoms with Crippen molar-refractivity contribution in [3.8, 4) is 0 Å². The van der Waals surface area contributed by atoms with Gasteiger partial charge in [0.2, 0.25) is 0 Å². The van der Waals surface area contributed by atoms with Crippen LogP contribution in [0.3, 0.4) is 0 Å². The third-order valence-electron chi connectivity index (χ3n) is 3.24. The third-order valence-corrected chi connectivity index (χ3v) is 3.24. The number of aryl methyl sites for hydroxylation is 1. The summed E-state index contributed by atoms with van der Waals surface area (Å²) < 4.78 is 2.30. The van der Waals surface area contributed by atoms with Gasteiger partial charge >= 0.3 is 0 Å². The molecule has 0 atom stereocenters. The highest BCUT2D eigenvalue weighted by molar-refractivity contribution is 5.80. The van der Waals surface area contributed by atoms with E-state index in [1.54, 1.807) is 0 Å². The molecule has 0 aliphatic rings. The van der Waals surface area contributed by atoms with Crippen LogP contribution in [0.1, 0.15) is 32.8 Å². The highest BCUT2D eigenvalue weighted by Crippen LogP contribution is 2.18. The maximum Gasteiger partial charge on any atom is 0.0483 e. The van der Waals surface area contributed by atoms with Crippen LogP contribution in [-0.4, -0.2) is 10.1 Å². The van der Waals surface area contributed by atoms with Gasteiger partial charge in [0.25, 0.3) is 0 Å². The number of hydrogen-bond donors (Lipinski definition) is 1. The van der Waals surface area contributed by atoms with Gasteiger partial charge in [-0.1, -0.05) is 18.2 Å². The number of fused-ring (bicyclic) bond motifs is 1. The molecule has 2 rings (SSSR count). The van der Waals surface area contributed by atoms with E-state index in [2.05, 4.69) is 67.7 Å². The van der Waals surface area contributed by atoms with Crippen LogP contribution >= 0.6 is 0 Å². The highest BCUT2D eigenvalue weighted by Gasteiger charge is 2.09. The van der Waals surface area contributed by atoms with Crippen molar-refractivity contribution in [2.24, 2.45) is 0 Å². The summed E-state index contributed by atoms with van der Waals surface area (Å²) in [6.45, 7) is 12.3. The summed E-state index contributed by atoms with van der Waals surface area (Å²) in [6, 6.07) is 8.88. The molecule has 19 heavy (non-hydrogen) atoms. The van der Waals surface area contributed by atoms with Gasteiger partial charge in [0.15, 0.2) is 0 Å². The van der Waals surface area contributed by atoms with Gasteiger partial charge in [-0.25, -0.2) is 0 Å². The lowest BCUT2D eigenvalue weighted by molar-refractivity contribution is 0.424. The van der Waals surface area contributed by atoms with E-state index in [9.17, 15) is 0 Å². The average molecular weight is 256 g/mol. The minimum atomic E-state index is 0.153. The van der Waals surface area contributed by atoms with E-state index >= 15 is 0 Å². The molecule has 0 radical (unpaired) electrons. The van der Waals surface area contributed by atoms with Crippen molar-refractivity contribution < 1.29 is 0 Å². The summed E-state index contributed by atoms with van der Waals surface area (Å²) in [6.07, 6.45) is 5.14. The largest absolute Gasteiger partial charge is 0.347 e. The van der Waals surface area contributed by atoms with Crippen LogP contribution in [0, 0.1) is 0 Å². The smallest absolute Gasteiger partial charge is 0.0483 e. The molecule has 0 saturated heterocycles. The van der Waals surface area contributed by atoms with Crippen LogP contribution in [0.4, 0.5) is 0 Å². The topological polar surface area (TPSA) is 17.0 Å². The number of aromatic nitrogens is 1. The molecule has 0 spiro atoms. The molecule has 102 valence electrons. The molecule has 2 nitrogen and oxygen atoms in total. The van der Waals surface area contributed by atoms with E-state index in [1.165, 1.54) is 16.5 Å². The van der Waals surface area contributed by atoms with Gasteiger partial charge in [-0.05, 0) is 50.3 Å². The quantitative estimate of drug-likeness (QED) is 0.797. The molecule has 0 saturated carbocycles. The van der Waals surface area contributed by atoms with E-state index in [0.717, 1.165) is 19.5 Å².